The number of nitrogens with zero attached hydrogens (tertiary/aromatic N) is 3. The maximum Gasteiger partial charge on any atom is 0.325 e. The van der Waals surface area contributed by atoms with E-state index < -0.39 is 5.69 Å². The molecule has 0 bridgehead atoms. The van der Waals surface area contributed by atoms with Gasteiger partial charge in [-0.2, -0.15) is 5.10 Å². The molecule has 2 aromatic rings. The highest BCUT2D eigenvalue weighted by molar-refractivity contribution is 5.65. The Morgan fingerprint density at radius 3 is 2.74 bits per heavy atom. The highest BCUT2D eigenvalue weighted by Gasteiger charge is 2.17. The van der Waals surface area contributed by atoms with Crippen LogP contribution >= 0.6 is 0 Å². The number of H-pyrrole nitrogens is 2. The van der Waals surface area contributed by atoms with Crippen LogP contribution in [-0.4, -0.2) is 37.7 Å². The van der Waals surface area contributed by atoms with Crippen LogP contribution < -0.4 is 11.2 Å². The summed E-state index contributed by atoms with van der Waals surface area (Å²) in [6, 6.07) is 1.45. The Hall–Kier alpha value is -2.41. The van der Waals surface area contributed by atoms with Gasteiger partial charge in [0.1, 0.15) is 0 Å². The number of hydrogen-bond acceptors (Lipinski definition) is 4. The second-order valence-corrected chi connectivity index (χ2v) is 7.78. The number of aromatic amines is 2. The van der Waals surface area contributed by atoms with Gasteiger partial charge in [0.15, 0.2) is 0 Å². The summed E-state index contributed by atoms with van der Waals surface area (Å²) in [5, 5.41) is 4.58. The average Bonchev–Trinajstić information content (AvgIpc) is 3.11. The zero-order valence-corrected chi connectivity index (χ0v) is 15.6. The Balaban J connectivity index is 1.36. The lowest BCUT2D eigenvalue weighted by atomic mass is 9.89. The number of rotatable bonds is 5. The lowest BCUT2D eigenvalue weighted by Gasteiger charge is -2.25. The average molecular weight is 369 g/mol. The van der Waals surface area contributed by atoms with E-state index >= 15 is 0 Å². The van der Waals surface area contributed by atoms with Crippen molar-refractivity contribution in [2.45, 2.75) is 51.6 Å². The van der Waals surface area contributed by atoms with Gasteiger partial charge >= 0.3 is 5.69 Å². The fourth-order valence-corrected chi connectivity index (χ4v) is 4.23. The van der Waals surface area contributed by atoms with Gasteiger partial charge in [-0.15, -0.1) is 0 Å². The molecule has 1 saturated carbocycles. The van der Waals surface area contributed by atoms with Gasteiger partial charge in [0.05, 0.1) is 6.20 Å². The Morgan fingerprint density at radius 2 is 2.00 bits per heavy atom. The summed E-state index contributed by atoms with van der Waals surface area (Å²) in [7, 11) is 0. The van der Waals surface area contributed by atoms with Gasteiger partial charge in [0.25, 0.3) is 5.56 Å². The first-order valence-corrected chi connectivity index (χ1v) is 9.92. The maximum atomic E-state index is 11.4. The molecule has 0 spiro atoms. The van der Waals surface area contributed by atoms with Crippen LogP contribution in [0, 0.1) is 5.92 Å². The van der Waals surface area contributed by atoms with Crippen molar-refractivity contribution in [1.82, 2.24) is 24.6 Å². The zero-order chi connectivity index (χ0) is 18.6. The van der Waals surface area contributed by atoms with Crippen LogP contribution in [-0.2, 0) is 13.1 Å². The Morgan fingerprint density at radius 1 is 1.15 bits per heavy atom. The van der Waals surface area contributed by atoms with E-state index in [2.05, 4.69) is 36.9 Å². The van der Waals surface area contributed by atoms with Crippen molar-refractivity contribution in [2.75, 3.05) is 13.1 Å². The van der Waals surface area contributed by atoms with Gasteiger partial charge < -0.3 is 4.98 Å². The van der Waals surface area contributed by atoms with Crippen LogP contribution in [0.15, 0.2) is 34.1 Å². The SMILES string of the molecule is O=c1cc(CN2CC=C(c3cnn(CC4CCCCC4)c3)CC2)[nH]c(=O)[nH]1. The third-order valence-corrected chi connectivity index (χ3v) is 5.68. The normalized spacial score (nSPS) is 19.2. The standard InChI is InChI=1S/C20H27N5O2/c26-19-10-18(22-20(27)23-19)14-24-8-6-16(7-9-24)17-11-21-25(13-17)12-15-4-2-1-3-5-15/h6,10-11,13,15H,1-5,7-9,12,14H2,(H2,22,23,26,27). The summed E-state index contributed by atoms with van der Waals surface area (Å²) < 4.78 is 2.11. The third-order valence-electron chi connectivity index (χ3n) is 5.68. The van der Waals surface area contributed by atoms with Crippen LogP contribution in [0.3, 0.4) is 0 Å². The topological polar surface area (TPSA) is 86.8 Å². The monoisotopic (exact) mass is 369 g/mol. The Kier molecular flexibility index (Phi) is 5.38. The van der Waals surface area contributed by atoms with E-state index in [-0.39, 0.29) is 5.56 Å². The van der Waals surface area contributed by atoms with Crippen LogP contribution in [0.4, 0.5) is 0 Å². The van der Waals surface area contributed by atoms with Crippen LogP contribution in [0.25, 0.3) is 5.57 Å². The molecule has 27 heavy (non-hydrogen) atoms. The third kappa shape index (κ3) is 4.66. The number of aromatic nitrogens is 4. The first-order chi connectivity index (χ1) is 13.2. The molecule has 7 nitrogen and oxygen atoms in total. The zero-order valence-electron chi connectivity index (χ0n) is 15.6. The van der Waals surface area contributed by atoms with Crippen molar-refractivity contribution >= 4 is 5.57 Å². The van der Waals surface area contributed by atoms with Crippen molar-refractivity contribution in [2.24, 2.45) is 5.92 Å². The van der Waals surface area contributed by atoms with Gasteiger partial charge in [-0.05, 0) is 30.8 Å². The lowest BCUT2D eigenvalue weighted by Crippen LogP contribution is -2.31. The highest BCUT2D eigenvalue weighted by Crippen LogP contribution is 2.26. The molecule has 0 radical (unpaired) electrons. The molecule has 0 unspecified atom stereocenters. The van der Waals surface area contributed by atoms with Crippen LogP contribution in [0.1, 0.15) is 49.8 Å². The van der Waals surface area contributed by atoms with E-state index in [1.807, 2.05) is 6.20 Å². The minimum absolute atomic E-state index is 0.354. The number of hydrogen-bond donors (Lipinski definition) is 2. The molecule has 3 heterocycles. The minimum atomic E-state index is -0.448. The minimum Gasteiger partial charge on any atom is -0.310 e. The van der Waals surface area contributed by atoms with Crippen LogP contribution in [0.2, 0.25) is 0 Å². The molecule has 1 aliphatic heterocycles. The van der Waals surface area contributed by atoms with E-state index in [1.54, 1.807) is 0 Å². The molecular formula is C20H27N5O2. The van der Waals surface area contributed by atoms with Gasteiger partial charge in [-0.25, -0.2) is 4.79 Å². The van der Waals surface area contributed by atoms with E-state index in [0.29, 0.717) is 12.2 Å². The molecule has 4 rings (SSSR count). The quantitative estimate of drug-likeness (QED) is 0.845. The van der Waals surface area contributed by atoms with Gasteiger partial charge in [0, 0.05) is 49.7 Å². The second kappa shape index (κ2) is 8.08. The summed E-state index contributed by atoms with van der Waals surface area (Å²) in [4.78, 5) is 29.9. The number of nitrogens with one attached hydrogen (secondary N) is 2. The summed E-state index contributed by atoms with van der Waals surface area (Å²) in [6.45, 7) is 3.31. The Labute approximate surface area is 158 Å². The Bertz CT molecular complexity index is 888. The van der Waals surface area contributed by atoms with E-state index in [9.17, 15) is 9.59 Å². The molecule has 1 aliphatic carbocycles. The van der Waals surface area contributed by atoms with Gasteiger partial charge in [-0.3, -0.25) is 19.4 Å². The predicted octanol–water partition coefficient (Wildman–Crippen LogP) is 2.13. The molecule has 144 valence electrons. The largest absolute Gasteiger partial charge is 0.325 e. The molecule has 0 aromatic carbocycles. The molecule has 0 atom stereocenters. The van der Waals surface area contributed by atoms with Crippen molar-refractivity contribution in [3.8, 4) is 0 Å². The molecule has 7 heteroatoms. The van der Waals surface area contributed by atoms with Gasteiger partial charge in [0.2, 0.25) is 0 Å². The van der Waals surface area contributed by atoms with Crippen molar-refractivity contribution < 1.29 is 0 Å². The highest BCUT2D eigenvalue weighted by atomic mass is 16.2. The summed E-state index contributed by atoms with van der Waals surface area (Å²) in [6.07, 6.45) is 14.1. The fraction of sp³-hybridized carbons (Fsp3) is 0.550. The van der Waals surface area contributed by atoms with E-state index in [4.69, 9.17) is 0 Å². The fourth-order valence-electron chi connectivity index (χ4n) is 4.23. The molecule has 2 aliphatic rings. The molecular weight excluding hydrogens is 342 g/mol. The summed E-state index contributed by atoms with van der Waals surface area (Å²) in [5.41, 5.74) is 2.40. The first kappa shape index (κ1) is 18.0. The predicted molar refractivity (Wildman–Crippen MR) is 104 cm³/mol. The molecule has 2 N–H and O–H groups in total. The van der Waals surface area contributed by atoms with Crippen molar-refractivity contribution in [3.05, 3.63) is 56.6 Å². The summed E-state index contributed by atoms with van der Waals surface area (Å²) >= 11 is 0. The molecule has 1 fully saturated rings. The van der Waals surface area contributed by atoms with Crippen molar-refractivity contribution in [3.63, 3.8) is 0 Å². The van der Waals surface area contributed by atoms with Crippen LogP contribution in [0.5, 0.6) is 0 Å². The molecule has 2 aromatic heterocycles. The van der Waals surface area contributed by atoms with Crippen molar-refractivity contribution in [1.29, 1.82) is 0 Å². The smallest absolute Gasteiger partial charge is 0.310 e. The lowest BCUT2D eigenvalue weighted by molar-refractivity contribution is 0.290. The van der Waals surface area contributed by atoms with Gasteiger partial charge in [-0.1, -0.05) is 25.3 Å². The molecule has 0 saturated heterocycles. The van der Waals surface area contributed by atoms with E-state index in [0.717, 1.165) is 32.0 Å². The summed E-state index contributed by atoms with van der Waals surface area (Å²) in [5.74, 6) is 0.776. The van der Waals surface area contributed by atoms with E-state index in [1.165, 1.54) is 49.3 Å². The molecule has 0 amide bonds. The maximum absolute atomic E-state index is 11.4. The first-order valence-electron chi connectivity index (χ1n) is 9.92. The second-order valence-electron chi connectivity index (χ2n) is 7.78.